The van der Waals surface area contributed by atoms with Crippen molar-refractivity contribution >= 4 is 5.82 Å². The van der Waals surface area contributed by atoms with Gasteiger partial charge in [-0.25, -0.2) is 4.98 Å². The molecule has 3 nitrogen and oxygen atoms in total. The van der Waals surface area contributed by atoms with Crippen molar-refractivity contribution in [3.63, 3.8) is 0 Å². The topological polar surface area (TPSA) is 42.1 Å². The zero-order valence-electron chi connectivity index (χ0n) is 10.2. The Morgan fingerprint density at radius 3 is 2.56 bits per heavy atom. The Balaban J connectivity index is 2.15. The highest BCUT2D eigenvalue weighted by atomic mass is 15.1. The smallest absolute Gasteiger partial charge is 0.127 e. The van der Waals surface area contributed by atoms with Crippen LogP contribution in [0.5, 0.6) is 0 Å². The van der Waals surface area contributed by atoms with Crippen molar-refractivity contribution in [1.82, 2.24) is 9.88 Å². The molecule has 1 fully saturated rings. The summed E-state index contributed by atoms with van der Waals surface area (Å²) in [6, 6.07) is 4.29. The van der Waals surface area contributed by atoms with Crippen molar-refractivity contribution in [2.75, 3.05) is 19.8 Å². The van der Waals surface area contributed by atoms with Gasteiger partial charge in [0.05, 0.1) is 5.69 Å². The van der Waals surface area contributed by atoms with Crippen molar-refractivity contribution in [1.29, 1.82) is 0 Å². The van der Waals surface area contributed by atoms with Crippen LogP contribution < -0.4 is 5.73 Å². The van der Waals surface area contributed by atoms with E-state index in [9.17, 15) is 0 Å². The number of nitrogens with zero attached hydrogens (tertiary/aromatic N) is 2. The van der Waals surface area contributed by atoms with Crippen LogP contribution in [0, 0.1) is 0 Å². The third-order valence-electron chi connectivity index (χ3n) is 3.29. The van der Waals surface area contributed by atoms with Crippen LogP contribution in [0.25, 0.3) is 0 Å². The second kappa shape index (κ2) is 4.83. The molecule has 0 spiro atoms. The molecular weight excluding hydrogens is 198 g/mol. The fourth-order valence-corrected chi connectivity index (χ4v) is 2.52. The fraction of sp³-hybridized carbons (Fsp3) is 0.615. The lowest BCUT2D eigenvalue weighted by Gasteiger charge is -2.14. The van der Waals surface area contributed by atoms with Crippen molar-refractivity contribution < 1.29 is 0 Å². The number of hydrogen-bond acceptors (Lipinski definition) is 3. The van der Waals surface area contributed by atoms with Crippen molar-refractivity contribution in [2.24, 2.45) is 0 Å². The number of rotatable bonds is 3. The molecule has 0 unspecified atom stereocenters. The van der Waals surface area contributed by atoms with Crippen LogP contribution in [0.2, 0.25) is 0 Å². The van der Waals surface area contributed by atoms with E-state index >= 15 is 0 Å². The number of aromatic nitrogens is 1. The van der Waals surface area contributed by atoms with Gasteiger partial charge in [0.25, 0.3) is 0 Å². The lowest BCUT2D eigenvalue weighted by molar-refractivity contribution is 0.397. The van der Waals surface area contributed by atoms with E-state index in [0.717, 1.165) is 18.1 Å². The third kappa shape index (κ3) is 2.53. The van der Waals surface area contributed by atoms with Gasteiger partial charge in [0.2, 0.25) is 0 Å². The minimum atomic E-state index is 0.654. The van der Waals surface area contributed by atoms with Gasteiger partial charge in [-0.2, -0.15) is 0 Å². The Hall–Kier alpha value is -1.09. The molecule has 16 heavy (non-hydrogen) atoms. The van der Waals surface area contributed by atoms with Gasteiger partial charge in [0.1, 0.15) is 5.82 Å². The standard InChI is InChI=1S/C13H21N3/c1-16(2)9-11-7-8-12(13(14)15-11)10-5-3-4-6-10/h7-8,10H,3-6,9H2,1-2H3,(H2,14,15). The first kappa shape index (κ1) is 11.4. The fourth-order valence-electron chi connectivity index (χ4n) is 2.52. The van der Waals surface area contributed by atoms with Gasteiger partial charge < -0.3 is 10.6 Å². The summed E-state index contributed by atoms with van der Waals surface area (Å²) >= 11 is 0. The van der Waals surface area contributed by atoms with E-state index in [1.165, 1.54) is 31.2 Å². The van der Waals surface area contributed by atoms with Crippen molar-refractivity contribution in [2.45, 2.75) is 38.1 Å². The first-order chi connectivity index (χ1) is 7.66. The van der Waals surface area contributed by atoms with E-state index in [1.807, 2.05) is 14.1 Å². The van der Waals surface area contributed by atoms with E-state index in [2.05, 4.69) is 22.0 Å². The molecule has 88 valence electrons. The number of pyridine rings is 1. The van der Waals surface area contributed by atoms with Crippen LogP contribution in [-0.4, -0.2) is 24.0 Å². The first-order valence-corrected chi connectivity index (χ1v) is 6.07. The Labute approximate surface area is 97.7 Å². The van der Waals surface area contributed by atoms with E-state index in [4.69, 9.17) is 5.73 Å². The van der Waals surface area contributed by atoms with E-state index < -0.39 is 0 Å². The van der Waals surface area contributed by atoms with Gasteiger partial charge in [-0.1, -0.05) is 18.9 Å². The highest BCUT2D eigenvalue weighted by molar-refractivity contribution is 5.43. The average molecular weight is 219 g/mol. The summed E-state index contributed by atoms with van der Waals surface area (Å²) in [5.41, 5.74) is 8.37. The normalized spacial score (nSPS) is 17.2. The van der Waals surface area contributed by atoms with Crippen LogP contribution in [0.15, 0.2) is 12.1 Å². The Kier molecular flexibility index (Phi) is 3.44. The van der Waals surface area contributed by atoms with E-state index in [1.54, 1.807) is 0 Å². The molecule has 3 heteroatoms. The third-order valence-corrected chi connectivity index (χ3v) is 3.29. The van der Waals surface area contributed by atoms with E-state index in [0.29, 0.717) is 5.92 Å². The predicted octanol–water partition coefficient (Wildman–Crippen LogP) is 2.38. The Morgan fingerprint density at radius 1 is 1.31 bits per heavy atom. The minimum absolute atomic E-state index is 0.654. The summed E-state index contributed by atoms with van der Waals surface area (Å²) in [6.07, 6.45) is 5.23. The monoisotopic (exact) mass is 219 g/mol. The van der Waals surface area contributed by atoms with Gasteiger partial charge in [-0.3, -0.25) is 0 Å². The molecule has 2 rings (SSSR count). The molecular formula is C13H21N3. The SMILES string of the molecule is CN(C)Cc1ccc(C2CCCC2)c(N)n1. The van der Waals surface area contributed by atoms with Crippen LogP contribution in [0.4, 0.5) is 5.82 Å². The van der Waals surface area contributed by atoms with Crippen LogP contribution in [0.3, 0.4) is 0 Å². The summed E-state index contributed by atoms with van der Waals surface area (Å²) in [7, 11) is 4.09. The lowest BCUT2D eigenvalue weighted by atomic mass is 9.98. The number of anilines is 1. The number of hydrogen-bond donors (Lipinski definition) is 1. The molecule has 1 saturated carbocycles. The second-order valence-corrected chi connectivity index (χ2v) is 5.00. The van der Waals surface area contributed by atoms with Gasteiger partial charge in [0, 0.05) is 6.54 Å². The highest BCUT2D eigenvalue weighted by Gasteiger charge is 2.19. The molecule has 1 aromatic rings. The quantitative estimate of drug-likeness (QED) is 0.848. The van der Waals surface area contributed by atoms with Gasteiger partial charge in [0.15, 0.2) is 0 Å². The minimum Gasteiger partial charge on any atom is -0.383 e. The molecule has 1 aromatic heterocycles. The van der Waals surface area contributed by atoms with Gasteiger partial charge in [-0.05, 0) is 44.5 Å². The number of nitrogens with two attached hydrogens (primary N) is 1. The summed E-state index contributed by atoms with van der Waals surface area (Å²) in [6.45, 7) is 0.856. The summed E-state index contributed by atoms with van der Waals surface area (Å²) in [5, 5.41) is 0. The molecule has 0 saturated heterocycles. The van der Waals surface area contributed by atoms with Crippen LogP contribution in [0.1, 0.15) is 42.9 Å². The second-order valence-electron chi connectivity index (χ2n) is 5.00. The molecule has 1 aliphatic rings. The van der Waals surface area contributed by atoms with Crippen molar-refractivity contribution in [3.05, 3.63) is 23.4 Å². The predicted molar refractivity (Wildman–Crippen MR) is 67.2 cm³/mol. The average Bonchev–Trinajstić information content (AvgIpc) is 2.69. The molecule has 0 bridgehead atoms. The molecule has 1 heterocycles. The van der Waals surface area contributed by atoms with Gasteiger partial charge in [-0.15, -0.1) is 0 Å². The molecule has 1 aliphatic carbocycles. The molecule has 0 aliphatic heterocycles. The Bertz CT molecular complexity index is 354. The Morgan fingerprint density at radius 2 is 2.00 bits per heavy atom. The van der Waals surface area contributed by atoms with Crippen molar-refractivity contribution in [3.8, 4) is 0 Å². The van der Waals surface area contributed by atoms with Gasteiger partial charge >= 0.3 is 0 Å². The maximum atomic E-state index is 6.05. The zero-order chi connectivity index (χ0) is 11.5. The molecule has 2 N–H and O–H groups in total. The number of nitrogen functional groups attached to an aromatic ring is 1. The van der Waals surface area contributed by atoms with E-state index in [-0.39, 0.29) is 0 Å². The van der Waals surface area contributed by atoms with Crippen LogP contribution in [-0.2, 0) is 6.54 Å². The maximum absolute atomic E-state index is 6.05. The summed E-state index contributed by atoms with van der Waals surface area (Å²) < 4.78 is 0. The summed E-state index contributed by atoms with van der Waals surface area (Å²) in [4.78, 5) is 6.60. The molecule has 0 aromatic carbocycles. The molecule has 0 radical (unpaired) electrons. The lowest BCUT2D eigenvalue weighted by Crippen LogP contribution is -2.13. The zero-order valence-corrected chi connectivity index (χ0v) is 10.2. The summed E-state index contributed by atoms with van der Waals surface area (Å²) in [5.74, 6) is 1.40. The highest BCUT2D eigenvalue weighted by Crippen LogP contribution is 2.36. The first-order valence-electron chi connectivity index (χ1n) is 6.07. The van der Waals surface area contributed by atoms with Crippen LogP contribution >= 0.6 is 0 Å². The molecule has 0 atom stereocenters. The largest absolute Gasteiger partial charge is 0.383 e. The maximum Gasteiger partial charge on any atom is 0.127 e. The molecule has 0 amide bonds.